The molecule has 3 aliphatic rings. The third-order valence-corrected chi connectivity index (χ3v) is 9.74. The van der Waals surface area contributed by atoms with E-state index in [1.807, 2.05) is 6.07 Å². The molecule has 210 valence electrons. The first kappa shape index (κ1) is 27.9. The van der Waals surface area contributed by atoms with Crippen molar-refractivity contribution in [3.05, 3.63) is 45.9 Å². The maximum absolute atomic E-state index is 9.99. The average molecular weight is 529 g/mol. The molecule has 0 saturated carbocycles. The molecule has 3 fully saturated rings. The van der Waals surface area contributed by atoms with E-state index in [9.17, 15) is 5.26 Å². The fourth-order valence-corrected chi connectivity index (χ4v) is 7.89. The molecule has 6 heteroatoms. The Labute approximate surface area is 236 Å². The Hall–Kier alpha value is -2.65. The van der Waals surface area contributed by atoms with Gasteiger partial charge in [0, 0.05) is 36.9 Å². The van der Waals surface area contributed by atoms with Gasteiger partial charge in [0.2, 0.25) is 0 Å². The average Bonchev–Trinajstić information content (AvgIpc) is 3.26. The zero-order valence-corrected chi connectivity index (χ0v) is 24.9. The Bertz CT molecular complexity index is 1220. The molecule has 2 aromatic rings. The van der Waals surface area contributed by atoms with Gasteiger partial charge in [-0.05, 0) is 87.8 Å². The van der Waals surface area contributed by atoms with E-state index in [1.165, 1.54) is 49.2 Å². The Morgan fingerprint density at radius 3 is 2.59 bits per heavy atom. The van der Waals surface area contributed by atoms with Gasteiger partial charge in [0.25, 0.3) is 0 Å². The molecule has 4 atom stereocenters. The molecule has 0 amide bonds. The fraction of sp³-hybridized carbons (Fsp3) is 0.667. The summed E-state index contributed by atoms with van der Waals surface area (Å²) in [7, 11) is 0. The molecule has 5 rings (SSSR count). The van der Waals surface area contributed by atoms with Gasteiger partial charge in [-0.15, -0.1) is 0 Å². The molecule has 1 aromatic carbocycles. The van der Waals surface area contributed by atoms with Crippen molar-refractivity contribution in [1.29, 1.82) is 5.26 Å². The van der Waals surface area contributed by atoms with Gasteiger partial charge in [-0.2, -0.15) is 5.26 Å². The van der Waals surface area contributed by atoms with Crippen LogP contribution in [0.5, 0.6) is 0 Å². The van der Waals surface area contributed by atoms with Crippen molar-refractivity contribution in [2.24, 2.45) is 5.92 Å². The lowest BCUT2D eigenvalue weighted by Crippen LogP contribution is -2.41. The van der Waals surface area contributed by atoms with Gasteiger partial charge in [-0.3, -0.25) is 4.90 Å². The van der Waals surface area contributed by atoms with Crippen LogP contribution in [0.2, 0.25) is 0 Å². The molecule has 0 bridgehead atoms. The van der Waals surface area contributed by atoms with E-state index in [1.54, 1.807) is 0 Å². The predicted octanol–water partition coefficient (Wildman–Crippen LogP) is 6.64. The number of benzene rings is 1. The van der Waals surface area contributed by atoms with E-state index in [2.05, 4.69) is 56.6 Å². The molecule has 6 nitrogen and oxygen atoms in total. The van der Waals surface area contributed by atoms with Crippen LogP contribution in [0.3, 0.4) is 0 Å². The fourth-order valence-electron chi connectivity index (χ4n) is 7.89. The second-order valence-corrected chi connectivity index (χ2v) is 12.8. The lowest BCUT2D eigenvalue weighted by Gasteiger charge is -2.35. The predicted molar refractivity (Wildman–Crippen MR) is 160 cm³/mol. The van der Waals surface area contributed by atoms with Gasteiger partial charge in [0.15, 0.2) is 5.82 Å². The molecule has 39 heavy (non-hydrogen) atoms. The smallest absolute Gasteiger partial charge is 0.151 e. The van der Waals surface area contributed by atoms with E-state index in [0.717, 1.165) is 68.7 Å². The van der Waals surface area contributed by atoms with Gasteiger partial charge in [0.05, 0.1) is 16.8 Å². The van der Waals surface area contributed by atoms with E-state index in [4.69, 9.17) is 15.7 Å². The van der Waals surface area contributed by atoms with Crippen molar-refractivity contribution in [3.8, 4) is 6.07 Å². The summed E-state index contributed by atoms with van der Waals surface area (Å²) in [5.74, 6) is 3.05. The molecule has 0 spiro atoms. The largest absolute Gasteiger partial charge is 0.398 e. The second kappa shape index (κ2) is 11.5. The van der Waals surface area contributed by atoms with Crippen LogP contribution in [-0.2, 0) is 18.4 Å². The van der Waals surface area contributed by atoms with Crippen molar-refractivity contribution in [2.75, 3.05) is 30.3 Å². The molecule has 1 aromatic heterocycles. The van der Waals surface area contributed by atoms with Crippen molar-refractivity contribution in [2.45, 2.75) is 116 Å². The molecule has 2 N–H and O–H groups in total. The number of nitrogens with two attached hydrogens (primary N) is 1. The molecular weight excluding hydrogens is 480 g/mol. The van der Waals surface area contributed by atoms with Crippen LogP contribution >= 0.6 is 0 Å². The number of nitrogens with zero attached hydrogens (tertiary/aromatic N) is 5. The van der Waals surface area contributed by atoms with Gasteiger partial charge < -0.3 is 10.6 Å². The summed E-state index contributed by atoms with van der Waals surface area (Å²) in [6.07, 6.45) is 11.4. The maximum Gasteiger partial charge on any atom is 0.151 e. The number of fused-ring (bicyclic) bond motifs is 1. The van der Waals surface area contributed by atoms with Crippen LogP contribution in [0.1, 0.15) is 119 Å². The molecule has 0 radical (unpaired) electrons. The maximum atomic E-state index is 9.99. The van der Waals surface area contributed by atoms with Gasteiger partial charge in [-0.25, -0.2) is 9.97 Å². The van der Waals surface area contributed by atoms with E-state index in [0.29, 0.717) is 23.2 Å². The van der Waals surface area contributed by atoms with Crippen molar-refractivity contribution in [1.82, 2.24) is 14.9 Å². The Morgan fingerprint density at radius 2 is 1.90 bits per heavy atom. The summed E-state index contributed by atoms with van der Waals surface area (Å²) in [6.45, 7) is 14.7. The normalized spacial score (nSPS) is 26.3. The van der Waals surface area contributed by atoms with Crippen LogP contribution in [0, 0.1) is 24.2 Å². The molecule has 0 aliphatic carbocycles. The first-order valence-corrected chi connectivity index (χ1v) is 15.5. The molecule has 3 saturated heterocycles. The minimum absolute atomic E-state index is 0.0485. The van der Waals surface area contributed by atoms with E-state index < -0.39 is 0 Å². The number of rotatable bonds is 7. The second-order valence-electron chi connectivity index (χ2n) is 12.8. The number of aryl methyl sites for hydroxylation is 1. The Kier molecular flexibility index (Phi) is 8.19. The molecular formula is C33H48N6. The topological polar surface area (TPSA) is 82.1 Å². The van der Waals surface area contributed by atoms with Crippen LogP contribution < -0.4 is 10.6 Å². The van der Waals surface area contributed by atoms with Gasteiger partial charge in [-0.1, -0.05) is 46.1 Å². The minimum atomic E-state index is -0.0485. The van der Waals surface area contributed by atoms with Crippen LogP contribution in [0.15, 0.2) is 12.1 Å². The first-order chi connectivity index (χ1) is 18.8. The summed E-state index contributed by atoms with van der Waals surface area (Å²) in [5, 5.41) is 9.99. The highest BCUT2D eigenvalue weighted by Crippen LogP contribution is 2.51. The standard InChI is InChI=1S/C33H48N6/c1-6-11-26-29(18-24(4)30-23(3)12-13-28(35)27(30)20-34)36-32(37-31(26)38-16-9-7-8-10-17-38)33-15-14-25(5)39(33)21-22(2)19-33/h12-13,22,24-25H,6-11,14-19,21,35H2,1-5H3. The SMILES string of the molecule is CCCc1c(CC(C)c2c(C)ccc(N)c2C#N)nc(C23CCC(C)N2CC(C)C3)nc1N1CCCCCC1. The van der Waals surface area contributed by atoms with Gasteiger partial charge >= 0.3 is 0 Å². The summed E-state index contributed by atoms with van der Waals surface area (Å²) in [5.41, 5.74) is 12.1. The third kappa shape index (κ3) is 5.15. The van der Waals surface area contributed by atoms with E-state index in [-0.39, 0.29) is 11.5 Å². The van der Waals surface area contributed by atoms with Crippen LogP contribution in [0.25, 0.3) is 0 Å². The van der Waals surface area contributed by atoms with Gasteiger partial charge in [0.1, 0.15) is 11.9 Å². The van der Waals surface area contributed by atoms with E-state index >= 15 is 0 Å². The zero-order chi connectivity index (χ0) is 27.7. The van der Waals surface area contributed by atoms with Crippen molar-refractivity contribution >= 4 is 11.5 Å². The molecule has 4 unspecified atom stereocenters. The lowest BCUT2D eigenvalue weighted by atomic mass is 9.86. The summed E-state index contributed by atoms with van der Waals surface area (Å²) in [4.78, 5) is 16.4. The summed E-state index contributed by atoms with van der Waals surface area (Å²) >= 11 is 0. The first-order valence-electron chi connectivity index (χ1n) is 15.5. The summed E-state index contributed by atoms with van der Waals surface area (Å²) in [6, 6.07) is 6.90. The number of hydrogen-bond acceptors (Lipinski definition) is 6. The molecule has 4 heterocycles. The number of nitrogen functional groups attached to an aromatic ring is 1. The third-order valence-electron chi connectivity index (χ3n) is 9.74. The monoisotopic (exact) mass is 528 g/mol. The number of nitriles is 1. The van der Waals surface area contributed by atoms with Crippen molar-refractivity contribution < 1.29 is 0 Å². The summed E-state index contributed by atoms with van der Waals surface area (Å²) < 4.78 is 0. The van der Waals surface area contributed by atoms with Crippen LogP contribution in [0.4, 0.5) is 11.5 Å². The molecule has 3 aliphatic heterocycles. The number of hydrogen-bond donors (Lipinski definition) is 1. The van der Waals surface area contributed by atoms with Crippen LogP contribution in [-0.4, -0.2) is 40.5 Å². The zero-order valence-electron chi connectivity index (χ0n) is 24.9. The highest BCUT2D eigenvalue weighted by atomic mass is 15.3. The Morgan fingerprint density at radius 1 is 1.15 bits per heavy atom. The highest BCUT2D eigenvalue weighted by molar-refractivity contribution is 5.61. The number of anilines is 2. The quantitative estimate of drug-likeness (QED) is 0.406. The van der Waals surface area contributed by atoms with Crippen molar-refractivity contribution in [3.63, 3.8) is 0 Å². The highest BCUT2D eigenvalue weighted by Gasteiger charge is 2.53. The Balaban J connectivity index is 1.65. The minimum Gasteiger partial charge on any atom is -0.398 e. The lowest BCUT2D eigenvalue weighted by molar-refractivity contribution is 0.148. The number of aromatic nitrogens is 2.